The number of hydrogen-bond acceptors (Lipinski definition) is 2. The quantitative estimate of drug-likeness (QED) is 0.302. The first-order valence-electron chi connectivity index (χ1n) is 5.68. The van der Waals surface area contributed by atoms with Crippen molar-refractivity contribution < 1.29 is 90.5 Å². The van der Waals surface area contributed by atoms with E-state index in [0.29, 0.717) is 0 Å². The van der Waals surface area contributed by atoms with Crippen LogP contribution in [-0.2, 0) is 10.1 Å². The van der Waals surface area contributed by atoms with Crippen LogP contribution >= 0.6 is 0 Å². The minimum absolute atomic E-state index is 0. The van der Waals surface area contributed by atoms with Crippen LogP contribution in [0, 0.1) is 0 Å². The zero-order valence-corrected chi connectivity index (χ0v) is 15.8. The van der Waals surface area contributed by atoms with Crippen molar-refractivity contribution in [2.45, 2.75) is 47.0 Å². The molecule has 180 valence electrons. The molecule has 0 saturated carbocycles. The predicted molar refractivity (Wildman–Crippen MR) is 60.2 cm³/mol. The maximum Gasteiger partial charge on any atom is 2.00 e. The molecule has 0 radical (unpaired) electrons. The summed E-state index contributed by atoms with van der Waals surface area (Å²) in [6, 6.07) is 0. The van der Waals surface area contributed by atoms with Crippen molar-refractivity contribution in [2.24, 2.45) is 0 Å². The molecule has 0 aliphatic carbocycles. The number of rotatable bonds is 6. The average molecular weight is 542 g/mol. The van der Waals surface area contributed by atoms with Gasteiger partial charge in [0.15, 0.2) is 0 Å². The third kappa shape index (κ3) is 3.93. The Kier molecular flexibility index (Phi) is 8.35. The molecule has 0 saturated heterocycles. The summed E-state index contributed by atoms with van der Waals surface area (Å²) in [7, 11) is -8.36. The summed E-state index contributed by atoms with van der Waals surface area (Å²) in [4.78, 5) is 0. The Labute approximate surface area is 185 Å². The summed E-state index contributed by atoms with van der Waals surface area (Å²) < 4.78 is 244. The molecule has 0 fully saturated rings. The molecule has 0 amide bonds. The largest absolute Gasteiger partial charge is 2.00 e. The summed E-state index contributed by atoms with van der Waals surface area (Å²) in [6.07, 6.45) is -16.2. The van der Waals surface area contributed by atoms with E-state index in [-0.39, 0.29) is 40.6 Å². The molecular weight excluding hydrogens is 539 g/mol. The Bertz CT molecular complexity index is 748. The summed E-state index contributed by atoms with van der Waals surface area (Å²) in [5.41, 5.74) is -9.13. The summed E-state index contributed by atoms with van der Waals surface area (Å²) in [5, 5.41) is -8.42. The molecule has 22 heteroatoms. The van der Waals surface area contributed by atoms with Gasteiger partial charge in [0.2, 0.25) is 0 Å². The number of alkyl halides is 17. The van der Waals surface area contributed by atoms with Gasteiger partial charge in [-0.1, -0.05) is 0 Å². The van der Waals surface area contributed by atoms with Gasteiger partial charge in [-0.15, -0.1) is 0 Å². The van der Waals surface area contributed by atoms with Crippen molar-refractivity contribution >= 4 is 47.9 Å². The first-order chi connectivity index (χ1) is 12.0. The molecule has 0 aromatic rings. The predicted octanol–water partition coefficient (Wildman–Crippen LogP) is 4.69. The zero-order valence-electron chi connectivity index (χ0n) is 14.8. The Hall–Kier alpha value is -0.0203. The van der Waals surface area contributed by atoms with Gasteiger partial charge >= 0.3 is 94.8 Å². The number of halogens is 17. The molecule has 0 aromatic carbocycles. The smallest absolute Gasteiger partial charge is 1.00 e. The molecule has 0 aliphatic heterocycles. The van der Waals surface area contributed by atoms with Crippen LogP contribution in [0.3, 0.4) is 0 Å². The minimum Gasteiger partial charge on any atom is -1.00 e. The van der Waals surface area contributed by atoms with Gasteiger partial charge in [0.05, 0.1) is 0 Å². The minimum atomic E-state index is -9.16. The van der Waals surface area contributed by atoms with Gasteiger partial charge in [-0.3, -0.25) is 4.55 Å². The SMILES string of the molecule is O=S(=O)(O)C(F)(F)C(F)(C(F)(F)C(F)(F)F)C(F)(F)C(F)(F)C(F)(F)C(F)(F)F.[Ca+2].[H-].[H-]. The second-order valence-electron chi connectivity index (χ2n) is 4.94. The molecule has 30 heavy (non-hydrogen) atoms. The Morgan fingerprint density at radius 2 is 0.767 bits per heavy atom. The van der Waals surface area contributed by atoms with Crippen LogP contribution < -0.4 is 0 Å². The Morgan fingerprint density at radius 1 is 0.500 bits per heavy atom. The second kappa shape index (κ2) is 7.79. The van der Waals surface area contributed by atoms with E-state index in [0.717, 1.165) is 0 Å². The fourth-order valence-electron chi connectivity index (χ4n) is 1.53. The Balaban J connectivity index is -0.00000131. The van der Waals surface area contributed by atoms with Crippen LogP contribution in [0.4, 0.5) is 74.6 Å². The summed E-state index contributed by atoms with van der Waals surface area (Å²) in [5.74, 6) is -35.3. The van der Waals surface area contributed by atoms with Crippen LogP contribution in [0.5, 0.6) is 0 Å². The topological polar surface area (TPSA) is 54.4 Å². The standard InChI is InChI=1S/C8HF17O3S.Ca.2H/c9-1(3(12,13)6(18,19)20,8(24,25)29(26,27)28)2(10,11)4(14,15)5(16,17)7(21,22)23;;;/h(H,26,27,28);;;/q;+2;2*-1. The van der Waals surface area contributed by atoms with E-state index in [1.165, 1.54) is 0 Å². The maximum absolute atomic E-state index is 13.8. The van der Waals surface area contributed by atoms with Gasteiger partial charge < -0.3 is 2.85 Å². The van der Waals surface area contributed by atoms with E-state index in [9.17, 15) is 83.1 Å². The molecule has 1 atom stereocenters. The van der Waals surface area contributed by atoms with E-state index in [1.54, 1.807) is 0 Å². The van der Waals surface area contributed by atoms with E-state index in [2.05, 4.69) is 0 Å². The van der Waals surface area contributed by atoms with Gasteiger partial charge in [0, 0.05) is 0 Å². The molecule has 1 unspecified atom stereocenters. The van der Waals surface area contributed by atoms with Gasteiger partial charge in [-0.2, -0.15) is 78.7 Å². The molecule has 0 bridgehead atoms. The van der Waals surface area contributed by atoms with Gasteiger partial charge in [-0.05, 0) is 0 Å². The van der Waals surface area contributed by atoms with Crippen LogP contribution in [0.1, 0.15) is 2.85 Å². The fourth-order valence-corrected chi connectivity index (χ4v) is 2.14. The third-order valence-corrected chi connectivity index (χ3v) is 4.02. The van der Waals surface area contributed by atoms with E-state index in [1.807, 2.05) is 0 Å². The molecule has 0 aliphatic rings. The Morgan fingerprint density at radius 3 is 0.967 bits per heavy atom. The molecule has 0 rings (SSSR count). The average Bonchev–Trinajstić information content (AvgIpc) is 2.41. The molecule has 3 nitrogen and oxygen atoms in total. The van der Waals surface area contributed by atoms with E-state index >= 15 is 0 Å². The molecule has 0 spiro atoms. The normalized spacial score (nSPS) is 17.9. The van der Waals surface area contributed by atoms with Crippen molar-refractivity contribution in [1.29, 1.82) is 0 Å². The van der Waals surface area contributed by atoms with Crippen molar-refractivity contribution in [3.63, 3.8) is 0 Å². The van der Waals surface area contributed by atoms with Crippen LogP contribution in [0.25, 0.3) is 0 Å². The summed E-state index contributed by atoms with van der Waals surface area (Å²) in [6.45, 7) is 0. The second-order valence-corrected chi connectivity index (χ2v) is 6.41. The van der Waals surface area contributed by atoms with Crippen LogP contribution in [0.2, 0.25) is 0 Å². The van der Waals surface area contributed by atoms with E-state index < -0.39 is 57.1 Å². The van der Waals surface area contributed by atoms with Gasteiger partial charge in [0.1, 0.15) is 0 Å². The van der Waals surface area contributed by atoms with Crippen LogP contribution in [-0.4, -0.2) is 97.7 Å². The monoisotopic (exact) mass is 542 g/mol. The van der Waals surface area contributed by atoms with Gasteiger partial charge in [0.25, 0.3) is 0 Å². The third-order valence-electron chi connectivity index (χ3n) is 3.09. The molecule has 0 aromatic heterocycles. The molecule has 1 N–H and O–H groups in total. The first-order valence-corrected chi connectivity index (χ1v) is 7.12. The van der Waals surface area contributed by atoms with Crippen molar-refractivity contribution in [3.8, 4) is 0 Å². The van der Waals surface area contributed by atoms with Crippen molar-refractivity contribution in [3.05, 3.63) is 0 Å². The number of hydrogen-bond donors (Lipinski definition) is 1. The fraction of sp³-hybridized carbons (Fsp3) is 1.00. The van der Waals surface area contributed by atoms with Crippen LogP contribution in [0.15, 0.2) is 0 Å². The first kappa shape index (κ1) is 32.2. The maximum atomic E-state index is 13.8. The van der Waals surface area contributed by atoms with E-state index in [4.69, 9.17) is 4.55 Å². The van der Waals surface area contributed by atoms with Crippen molar-refractivity contribution in [1.82, 2.24) is 0 Å². The molecular formula is C8H3CaF17O3S. The molecule has 0 heterocycles. The van der Waals surface area contributed by atoms with Crippen molar-refractivity contribution in [2.75, 3.05) is 0 Å². The summed E-state index contributed by atoms with van der Waals surface area (Å²) >= 11 is 0. The zero-order chi connectivity index (χ0) is 24.5. The van der Waals surface area contributed by atoms with Gasteiger partial charge in [-0.25, -0.2) is 4.39 Å².